The number of halogens is 2. The molecule has 0 aliphatic rings. The van der Waals surface area contributed by atoms with Gasteiger partial charge in [0, 0.05) is 11.6 Å². The Morgan fingerprint density at radius 1 is 0.926 bits per heavy atom. The minimum atomic E-state index is -0.819. The molecule has 0 heterocycles. The molecule has 0 unspecified atom stereocenters. The SMILES string of the molecule is CCc1ccc(-c2c([O])cc(F)c(CCc3ccc(C#N)cc3)c2F)cc1. The molecule has 27 heavy (non-hydrogen) atoms. The van der Waals surface area contributed by atoms with Gasteiger partial charge in [0.1, 0.15) is 11.6 Å². The molecule has 0 saturated heterocycles. The van der Waals surface area contributed by atoms with E-state index < -0.39 is 17.4 Å². The second-order valence-electron chi connectivity index (χ2n) is 6.38. The van der Waals surface area contributed by atoms with Crippen LogP contribution in [0, 0.1) is 23.0 Å². The maximum absolute atomic E-state index is 15.0. The summed E-state index contributed by atoms with van der Waals surface area (Å²) in [6, 6.07) is 16.8. The summed E-state index contributed by atoms with van der Waals surface area (Å²) in [6.07, 6.45) is 1.38. The lowest BCUT2D eigenvalue weighted by Crippen LogP contribution is -2.01. The van der Waals surface area contributed by atoms with Crippen molar-refractivity contribution in [2.75, 3.05) is 0 Å². The smallest absolute Gasteiger partial charge is 0.192 e. The van der Waals surface area contributed by atoms with Crippen molar-refractivity contribution in [2.45, 2.75) is 26.2 Å². The zero-order valence-corrected chi connectivity index (χ0v) is 14.9. The summed E-state index contributed by atoms with van der Waals surface area (Å²) in [7, 11) is 0. The molecule has 0 fully saturated rings. The van der Waals surface area contributed by atoms with E-state index in [0.717, 1.165) is 23.6 Å². The number of hydrogen-bond acceptors (Lipinski definition) is 1. The molecule has 3 aromatic carbocycles. The zero-order valence-electron chi connectivity index (χ0n) is 14.9. The molecule has 0 amide bonds. The van der Waals surface area contributed by atoms with E-state index in [2.05, 4.69) is 0 Å². The highest BCUT2D eigenvalue weighted by atomic mass is 19.1. The number of rotatable bonds is 5. The van der Waals surface area contributed by atoms with Crippen LogP contribution >= 0.6 is 0 Å². The van der Waals surface area contributed by atoms with Crippen molar-refractivity contribution in [1.29, 1.82) is 5.26 Å². The molecule has 2 nitrogen and oxygen atoms in total. The molecule has 4 heteroatoms. The van der Waals surface area contributed by atoms with Gasteiger partial charge in [0.05, 0.1) is 17.2 Å². The molecule has 0 spiro atoms. The molecule has 1 radical (unpaired) electrons. The molecule has 0 aromatic heterocycles. The summed E-state index contributed by atoms with van der Waals surface area (Å²) in [5, 5.41) is 21.0. The summed E-state index contributed by atoms with van der Waals surface area (Å²) < 4.78 is 29.3. The van der Waals surface area contributed by atoms with Crippen molar-refractivity contribution in [2.24, 2.45) is 0 Å². The van der Waals surface area contributed by atoms with Gasteiger partial charge in [-0.05, 0) is 48.1 Å². The normalized spacial score (nSPS) is 10.6. The fourth-order valence-corrected chi connectivity index (χ4v) is 3.06. The highest BCUT2D eigenvalue weighted by Crippen LogP contribution is 2.36. The van der Waals surface area contributed by atoms with Crippen molar-refractivity contribution in [3.63, 3.8) is 0 Å². The van der Waals surface area contributed by atoms with E-state index in [-0.39, 0.29) is 17.5 Å². The van der Waals surface area contributed by atoms with Gasteiger partial charge in [-0.2, -0.15) is 5.26 Å². The van der Waals surface area contributed by atoms with Crippen molar-refractivity contribution in [3.05, 3.63) is 88.5 Å². The summed E-state index contributed by atoms with van der Waals surface area (Å²) in [4.78, 5) is 0. The minimum absolute atomic E-state index is 0.0890. The number of nitriles is 1. The Kier molecular flexibility index (Phi) is 5.52. The number of aryl methyl sites for hydroxylation is 2. The first kappa shape index (κ1) is 18.6. The fraction of sp³-hybridized carbons (Fsp3) is 0.174. The van der Waals surface area contributed by atoms with Gasteiger partial charge in [0.15, 0.2) is 5.75 Å². The van der Waals surface area contributed by atoms with Crippen LogP contribution in [0.1, 0.15) is 29.2 Å². The second kappa shape index (κ2) is 8.01. The van der Waals surface area contributed by atoms with Gasteiger partial charge in [0.25, 0.3) is 0 Å². The van der Waals surface area contributed by atoms with E-state index >= 15 is 4.39 Å². The van der Waals surface area contributed by atoms with Gasteiger partial charge in [-0.1, -0.05) is 43.3 Å². The van der Waals surface area contributed by atoms with Gasteiger partial charge in [-0.3, -0.25) is 5.11 Å². The van der Waals surface area contributed by atoms with Crippen LogP contribution in [-0.4, -0.2) is 0 Å². The molecule has 0 saturated carbocycles. The van der Waals surface area contributed by atoms with E-state index in [1.807, 2.05) is 25.1 Å². The van der Waals surface area contributed by atoms with E-state index in [0.29, 0.717) is 17.5 Å². The Labute approximate surface area is 157 Å². The van der Waals surface area contributed by atoms with Crippen LogP contribution < -0.4 is 0 Å². The van der Waals surface area contributed by atoms with Crippen LogP contribution in [-0.2, 0) is 24.4 Å². The van der Waals surface area contributed by atoms with Gasteiger partial charge in [-0.15, -0.1) is 0 Å². The lowest BCUT2D eigenvalue weighted by atomic mass is 9.96. The van der Waals surface area contributed by atoms with Crippen LogP contribution in [0.2, 0.25) is 0 Å². The molecule has 0 atom stereocenters. The third kappa shape index (κ3) is 3.98. The average molecular weight is 362 g/mol. The topological polar surface area (TPSA) is 43.7 Å². The summed E-state index contributed by atoms with van der Waals surface area (Å²) in [5.41, 5.74) is 2.75. The van der Waals surface area contributed by atoms with Crippen LogP contribution in [0.25, 0.3) is 11.1 Å². The van der Waals surface area contributed by atoms with E-state index in [1.165, 1.54) is 0 Å². The molecular formula is C23H18F2NO. The van der Waals surface area contributed by atoms with Crippen molar-refractivity contribution in [3.8, 4) is 22.9 Å². The Hall–Kier alpha value is -3.19. The zero-order chi connectivity index (χ0) is 19.4. The quantitative estimate of drug-likeness (QED) is 0.549. The van der Waals surface area contributed by atoms with Crippen LogP contribution in [0.5, 0.6) is 5.75 Å². The fourth-order valence-electron chi connectivity index (χ4n) is 3.06. The highest BCUT2D eigenvalue weighted by Gasteiger charge is 2.20. The third-order valence-electron chi connectivity index (χ3n) is 4.67. The molecule has 3 aromatic rings. The van der Waals surface area contributed by atoms with Crippen molar-refractivity contribution >= 4 is 0 Å². The maximum Gasteiger partial charge on any atom is 0.192 e. The largest absolute Gasteiger partial charge is 0.289 e. The number of benzene rings is 3. The molecule has 135 valence electrons. The average Bonchev–Trinajstić information content (AvgIpc) is 2.68. The first-order valence-electron chi connectivity index (χ1n) is 8.79. The maximum atomic E-state index is 15.0. The van der Waals surface area contributed by atoms with E-state index in [9.17, 15) is 9.50 Å². The van der Waals surface area contributed by atoms with Crippen LogP contribution in [0.4, 0.5) is 8.78 Å². The predicted molar refractivity (Wildman–Crippen MR) is 99.9 cm³/mol. The van der Waals surface area contributed by atoms with E-state index in [1.54, 1.807) is 36.4 Å². The molecular weight excluding hydrogens is 344 g/mol. The highest BCUT2D eigenvalue weighted by molar-refractivity contribution is 5.72. The predicted octanol–water partition coefficient (Wildman–Crippen LogP) is 5.99. The number of nitrogens with zero attached hydrogens (tertiary/aromatic N) is 1. The Bertz CT molecular complexity index is 987. The first-order valence-corrected chi connectivity index (χ1v) is 8.79. The van der Waals surface area contributed by atoms with Gasteiger partial charge in [0.2, 0.25) is 0 Å². The molecule has 0 bridgehead atoms. The Balaban J connectivity index is 1.91. The first-order chi connectivity index (χ1) is 13.0. The Morgan fingerprint density at radius 2 is 1.56 bits per heavy atom. The van der Waals surface area contributed by atoms with Gasteiger partial charge >= 0.3 is 0 Å². The van der Waals surface area contributed by atoms with Crippen molar-refractivity contribution < 1.29 is 13.9 Å². The molecule has 0 aliphatic heterocycles. The monoisotopic (exact) mass is 362 g/mol. The Morgan fingerprint density at radius 3 is 2.15 bits per heavy atom. The molecule has 0 N–H and O–H groups in total. The third-order valence-corrected chi connectivity index (χ3v) is 4.67. The van der Waals surface area contributed by atoms with E-state index in [4.69, 9.17) is 5.26 Å². The van der Waals surface area contributed by atoms with Crippen LogP contribution in [0.3, 0.4) is 0 Å². The summed E-state index contributed by atoms with van der Waals surface area (Å²) >= 11 is 0. The summed E-state index contributed by atoms with van der Waals surface area (Å²) in [5.74, 6) is -2.27. The van der Waals surface area contributed by atoms with Gasteiger partial charge < -0.3 is 0 Å². The lowest BCUT2D eigenvalue weighted by Gasteiger charge is -2.12. The molecule has 0 aliphatic carbocycles. The van der Waals surface area contributed by atoms with Crippen LogP contribution in [0.15, 0.2) is 54.6 Å². The standard InChI is InChI=1S/C23H18F2NO/c1-2-15-7-10-18(11-8-15)22-21(27)13-20(24)19(23(22)25)12-9-16-3-5-17(14-26)6-4-16/h3-8,10-11,13H,2,9,12H2,1H3. The number of hydrogen-bond donors (Lipinski definition) is 0. The molecule has 3 rings (SSSR count). The van der Waals surface area contributed by atoms with Gasteiger partial charge in [-0.25, -0.2) is 8.78 Å². The lowest BCUT2D eigenvalue weighted by molar-refractivity contribution is 0.350. The minimum Gasteiger partial charge on any atom is -0.289 e. The van der Waals surface area contributed by atoms with Crippen molar-refractivity contribution in [1.82, 2.24) is 0 Å². The second-order valence-corrected chi connectivity index (χ2v) is 6.38. The summed E-state index contributed by atoms with van der Waals surface area (Å²) in [6.45, 7) is 2.01.